The van der Waals surface area contributed by atoms with Gasteiger partial charge in [0.05, 0.1) is 4.92 Å². The molecule has 1 rings (SSSR count). The van der Waals surface area contributed by atoms with Gasteiger partial charge in [0.1, 0.15) is 5.69 Å². The van der Waals surface area contributed by atoms with Gasteiger partial charge >= 0.3 is 0 Å². The molecule has 0 fully saturated rings. The van der Waals surface area contributed by atoms with Crippen molar-refractivity contribution in [3.63, 3.8) is 0 Å². The molecule has 0 saturated carbocycles. The van der Waals surface area contributed by atoms with E-state index in [9.17, 15) is 14.9 Å². The molecule has 136 valence electrons. The summed E-state index contributed by atoms with van der Waals surface area (Å²) in [7, 11) is 0. The van der Waals surface area contributed by atoms with Crippen molar-refractivity contribution in [3.05, 3.63) is 59.2 Å². The molecule has 0 aliphatic heterocycles. The quantitative estimate of drug-likeness (QED) is 0.364. The topological polar surface area (TPSA) is 102 Å². The summed E-state index contributed by atoms with van der Waals surface area (Å²) >= 11 is 0. The van der Waals surface area contributed by atoms with E-state index in [-0.39, 0.29) is 17.3 Å². The SMILES string of the molecule is C=CCN(CC=C)[C@@H](CNc1ccc(C(N)=O)cc1[N+](=O)[O-])C(C)C. The van der Waals surface area contributed by atoms with Crippen LogP contribution in [0, 0.1) is 16.0 Å². The Morgan fingerprint density at radius 3 is 2.40 bits per heavy atom. The lowest BCUT2D eigenvalue weighted by molar-refractivity contribution is -0.384. The highest BCUT2D eigenvalue weighted by molar-refractivity contribution is 5.94. The van der Waals surface area contributed by atoms with Crippen molar-refractivity contribution in [1.82, 2.24) is 4.90 Å². The van der Waals surface area contributed by atoms with E-state index in [1.807, 2.05) is 12.2 Å². The monoisotopic (exact) mass is 346 g/mol. The van der Waals surface area contributed by atoms with Gasteiger partial charge in [-0.3, -0.25) is 19.8 Å². The average molecular weight is 346 g/mol. The first-order valence-corrected chi connectivity index (χ1v) is 8.09. The van der Waals surface area contributed by atoms with Gasteiger partial charge in [-0.15, -0.1) is 13.2 Å². The Bertz CT molecular complexity index is 633. The zero-order chi connectivity index (χ0) is 19.0. The summed E-state index contributed by atoms with van der Waals surface area (Å²) in [5, 5.41) is 14.4. The standard InChI is InChI=1S/C18H26N4O3/c1-5-9-21(10-6-2)17(13(3)4)12-20-15-8-7-14(18(19)23)11-16(15)22(24)25/h5-8,11,13,17,20H,1-2,9-10,12H2,3-4H3,(H2,19,23)/t17-/m0/s1. The molecule has 7 heteroatoms. The van der Waals surface area contributed by atoms with Crippen LogP contribution < -0.4 is 11.1 Å². The van der Waals surface area contributed by atoms with Gasteiger partial charge in [0.2, 0.25) is 5.91 Å². The lowest BCUT2D eigenvalue weighted by Gasteiger charge is -2.33. The number of carbonyl (C=O) groups is 1. The number of amides is 1. The first kappa shape index (κ1) is 20.4. The second-order valence-electron chi connectivity index (χ2n) is 6.08. The minimum Gasteiger partial charge on any atom is -0.378 e. The van der Waals surface area contributed by atoms with E-state index in [1.165, 1.54) is 18.2 Å². The fraction of sp³-hybridized carbons (Fsp3) is 0.389. The van der Waals surface area contributed by atoms with Crippen molar-refractivity contribution in [2.75, 3.05) is 25.0 Å². The predicted molar refractivity (Wildman–Crippen MR) is 101 cm³/mol. The number of nitro groups is 1. The summed E-state index contributed by atoms with van der Waals surface area (Å²) in [6.45, 7) is 13.6. The summed E-state index contributed by atoms with van der Waals surface area (Å²) < 4.78 is 0. The van der Waals surface area contributed by atoms with E-state index >= 15 is 0 Å². The number of nitrogens with two attached hydrogens (primary N) is 1. The van der Waals surface area contributed by atoms with E-state index in [2.05, 4.69) is 37.2 Å². The fourth-order valence-corrected chi connectivity index (χ4v) is 2.66. The van der Waals surface area contributed by atoms with Crippen LogP contribution in [0.4, 0.5) is 11.4 Å². The maximum absolute atomic E-state index is 11.3. The van der Waals surface area contributed by atoms with E-state index < -0.39 is 10.8 Å². The largest absolute Gasteiger partial charge is 0.378 e. The molecule has 25 heavy (non-hydrogen) atoms. The Labute approximate surface area is 148 Å². The maximum atomic E-state index is 11.3. The van der Waals surface area contributed by atoms with Crippen molar-refractivity contribution < 1.29 is 9.72 Å². The van der Waals surface area contributed by atoms with Crippen LogP contribution in [-0.4, -0.2) is 41.4 Å². The molecule has 0 bridgehead atoms. The Kier molecular flexibility index (Phi) is 7.81. The molecular formula is C18H26N4O3. The molecule has 7 nitrogen and oxygen atoms in total. The van der Waals surface area contributed by atoms with Crippen LogP contribution in [0.5, 0.6) is 0 Å². The minimum atomic E-state index is -0.696. The molecule has 0 aromatic heterocycles. The molecule has 0 radical (unpaired) electrons. The molecule has 0 heterocycles. The highest BCUT2D eigenvalue weighted by Crippen LogP contribution is 2.26. The number of hydrogen-bond donors (Lipinski definition) is 2. The second kappa shape index (κ2) is 9.58. The number of rotatable bonds is 11. The molecule has 0 spiro atoms. The van der Waals surface area contributed by atoms with E-state index in [1.54, 1.807) is 0 Å². The predicted octanol–water partition coefficient (Wildman–Crippen LogP) is 2.80. The molecule has 0 unspecified atom stereocenters. The van der Waals surface area contributed by atoms with Crippen molar-refractivity contribution >= 4 is 17.3 Å². The van der Waals surface area contributed by atoms with Crippen LogP contribution in [-0.2, 0) is 0 Å². The number of carbonyl (C=O) groups excluding carboxylic acids is 1. The zero-order valence-electron chi connectivity index (χ0n) is 14.8. The number of nitrogens with zero attached hydrogens (tertiary/aromatic N) is 2. The van der Waals surface area contributed by atoms with Crippen LogP contribution in [0.25, 0.3) is 0 Å². The van der Waals surface area contributed by atoms with Crippen LogP contribution in [0.2, 0.25) is 0 Å². The van der Waals surface area contributed by atoms with Gasteiger partial charge in [-0.25, -0.2) is 0 Å². The Morgan fingerprint density at radius 2 is 1.96 bits per heavy atom. The summed E-state index contributed by atoms with van der Waals surface area (Å²) in [6.07, 6.45) is 3.64. The molecule has 0 aliphatic carbocycles. The first-order chi connectivity index (χ1) is 11.8. The number of benzene rings is 1. The number of nitrogens with one attached hydrogen (secondary N) is 1. The van der Waals surface area contributed by atoms with E-state index in [0.717, 1.165) is 0 Å². The van der Waals surface area contributed by atoms with Gasteiger partial charge < -0.3 is 11.1 Å². The van der Waals surface area contributed by atoms with Gasteiger partial charge in [-0.05, 0) is 18.1 Å². The Balaban J connectivity index is 3.02. The normalized spacial score (nSPS) is 12.0. The summed E-state index contributed by atoms with van der Waals surface area (Å²) in [6, 6.07) is 4.32. The van der Waals surface area contributed by atoms with Crippen molar-refractivity contribution in [3.8, 4) is 0 Å². The third kappa shape index (κ3) is 5.72. The molecule has 3 N–H and O–H groups in total. The Hall–Kier alpha value is -2.67. The summed E-state index contributed by atoms with van der Waals surface area (Å²) in [5.74, 6) is -0.380. The third-order valence-corrected chi connectivity index (χ3v) is 3.95. The van der Waals surface area contributed by atoms with Crippen molar-refractivity contribution in [2.45, 2.75) is 19.9 Å². The maximum Gasteiger partial charge on any atom is 0.293 e. The number of primary amides is 1. The summed E-state index contributed by atoms with van der Waals surface area (Å²) in [5.41, 5.74) is 5.49. The average Bonchev–Trinajstić information content (AvgIpc) is 2.54. The molecule has 0 aliphatic rings. The summed E-state index contributed by atoms with van der Waals surface area (Å²) in [4.78, 5) is 24.2. The molecular weight excluding hydrogens is 320 g/mol. The van der Waals surface area contributed by atoms with E-state index in [4.69, 9.17) is 5.73 Å². The zero-order valence-corrected chi connectivity index (χ0v) is 14.8. The van der Waals surface area contributed by atoms with Crippen LogP contribution in [0.15, 0.2) is 43.5 Å². The minimum absolute atomic E-state index is 0.109. The van der Waals surface area contributed by atoms with Crippen molar-refractivity contribution in [2.24, 2.45) is 11.7 Å². The number of hydrogen-bond acceptors (Lipinski definition) is 5. The second-order valence-corrected chi connectivity index (χ2v) is 6.08. The van der Waals surface area contributed by atoms with Gasteiger partial charge in [0, 0.05) is 37.3 Å². The first-order valence-electron chi connectivity index (χ1n) is 8.09. The van der Waals surface area contributed by atoms with Gasteiger partial charge in [0.25, 0.3) is 5.69 Å². The molecule has 1 aromatic rings. The molecule has 1 aromatic carbocycles. The highest BCUT2D eigenvalue weighted by Gasteiger charge is 2.22. The molecule has 0 saturated heterocycles. The molecule has 1 atom stereocenters. The van der Waals surface area contributed by atoms with Gasteiger partial charge in [-0.1, -0.05) is 26.0 Å². The fourth-order valence-electron chi connectivity index (χ4n) is 2.66. The molecule has 1 amide bonds. The van der Waals surface area contributed by atoms with E-state index in [0.29, 0.717) is 31.2 Å². The van der Waals surface area contributed by atoms with Crippen molar-refractivity contribution in [1.29, 1.82) is 0 Å². The van der Waals surface area contributed by atoms with Crippen LogP contribution in [0.3, 0.4) is 0 Å². The van der Waals surface area contributed by atoms with Gasteiger partial charge in [0.15, 0.2) is 0 Å². The Morgan fingerprint density at radius 1 is 1.36 bits per heavy atom. The number of anilines is 1. The van der Waals surface area contributed by atoms with Gasteiger partial charge in [-0.2, -0.15) is 0 Å². The smallest absolute Gasteiger partial charge is 0.293 e. The van der Waals surface area contributed by atoms with Crippen LogP contribution >= 0.6 is 0 Å². The highest BCUT2D eigenvalue weighted by atomic mass is 16.6. The number of nitro benzene ring substituents is 1. The lowest BCUT2D eigenvalue weighted by atomic mass is 10.0. The third-order valence-electron chi connectivity index (χ3n) is 3.95. The van der Waals surface area contributed by atoms with Crippen LogP contribution in [0.1, 0.15) is 24.2 Å². The lowest BCUT2D eigenvalue weighted by Crippen LogP contribution is -2.43.